The molecular formula is C17H17Cl2N. The first kappa shape index (κ1) is 15.1. The van der Waals surface area contributed by atoms with Crippen LogP contribution in [-0.4, -0.2) is 11.3 Å². The monoisotopic (exact) mass is 305 g/mol. The number of rotatable bonds is 2. The predicted molar refractivity (Wildman–Crippen MR) is 88.3 cm³/mol. The number of nitrogens with zero attached hydrogens (tertiary/aromatic N) is 1. The van der Waals surface area contributed by atoms with Crippen LogP contribution in [0.1, 0.15) is 31.9 Å². The molecule has 0 aliphatic heterocycles. The molecule has 0 saturated carbocycles. The Hall–Kier alpha value is -1.31. The third kappa shape index (κ3) is 4.09. The second-order valence-electron chi connectivity index (χ2n) is 5.65. The molecule has 0 unspecified atom stereocenters. The van der Waals surface area contributed by atoms with Crippen molar-refractivity contribution in [1.29, 1.82) is 0 Å². The van der Waals surface area contributed by atoms with Crippen LogP contribution in [-0.2, 0) is 0 Å². The quantitative estimate of drug-likeness (QED) is 0.638. The molecule has 2 aromatic rings. The highest BCUT2D eigenvalue weighted by atomic mass is 35.5. The van der Waals surface area contributed by atoms with Gasteiger partial charge in [-0.3, -0.25) is 4.99 Å². The topological polar surface area (TPSA) is 12.4 Å². The SMILES string of the molecule is CC(C)(C)N=C(c1ccc(Cl)cc1)c1ccc(Cl)cc1. The van der Waals surface area contributed by atoms with Crippen LogP contribution in [0.5, 0.6) is 0 Å². The highest BCUT2D eigenvalue weighted by Crippen LogP contribution is 2.20. The van der Waals surface area contributed by atoms with Gasteiger partial charge in [-0.15, -0.1) is 0 Å². The average Bonchev–Trinajstić information content (AvgIpc) is 2.37. The van der Waals surface area contributed by atoms with Crippen LogP contribution in [0.25, 0.3) is 0 Å². The maximum absolute atomic E-state index is 5.96. The summed E-state index contributed by atoms with van der Waals surface area (Å²) in [7, 11) is 0. The van der Waals surface area contributed by atoms with E-state index in [0.717, 1.165) is 26.9 Å². The van der Waals surface area contributed by atoms with Crippen molar-refractivity contribution < 1.29 is 0 Å². The van der Waals surface area contributed by atoms with Crippen molar-refractivity contribution in [2.24, 2.45) is 4.99 Å². The Morgan fingerprint density at radius 3 is 1.40 bits per heavy atom. The first-order chi connectivity index (χ1) is 9.35. The number of halogens is 2. The Labute approximate surface area is 130 Å². The molecule has 3 heteroatoms. The van der Waals surface area contributed by atoms with Gasteiger partial charge in [0.1, 0.15) is 0 Å². The van der Waals surface area contributed by atoms with Gasteiger partial charge < -0.3 is 0 Å². The van der Waals surface area contributed by atoms with Crippen molar-refractivity contribution in [3.05, 3.63) is 69.7 Å². The number of hydrogen-bond acceptors (Lipinski definition) is 1. The Balaban J connectivity index is 2.53. The number of aliphatic imine (C=N–C) groups is 1. The molecule has 0 bridgehead atoms. The molecule has 2 rings (SSSR count). The molecule has 0 heterocycles. The molecule has 0 spiro atoms. The summed E-state index contributed by atoms with van der Waals surface area (Å²) >= 11 is 11.9. The van der Waals surface area contributed by atoms with Gasteiger partial charge in [0.25, 0.3) is 0 Å². The molecule has 1 nitrogen and oxygen atoms in total. The van der Waals surface area contributed by atoms with Crippen molar-refractivity contribution in [2.45, 2.75) is 26.3 Å². The Morgan fingerprint density at radius 1 is 0.750 bits per heavy atom. The standard InChI is InChI=1S/C17H17Cl2N/c1-17(2,3)20-16(12-4-8-14(18)9-5-12)13-6-10-15(19)11-7-13/h4-11H,1-3H3. The summed E-state index contributed by atoms with van der Waals surface area (Å²) in [5.41, 5.74) is 2.89. The summed E-state index contributed by atoms with van der Waals surface area (Å²) in [6.45, 7) is 6.25. The van der Waals surface area contributed by atoms with E-state index in [9.17, 15) is 0 Å². The fourth-order valence-corrected chi connectivity index (χ4v) is 2.10. The molecule has 0 aliphatic rings. The van der Waals surface area contributed by atoms with Crippen LogP contribution < -0.4 is 0 Å². The minimum atomic E-state index is -0.158. The van der Waals surface area contributed by atoms with Gasteiger partial charge in [0.15, 0.2) is 0 Å². The van der Waals surface area contributed by atoms with Gasteiger partial charge in [0, 0.05) is 21.2 Å². The molecule has 2 aromatic carbocycles. The summed E-state index contributed by atoms with van der Waals surface area (Å²) in [6, 6.07) is 15.5. The lowest BCUT2D eigenvalue weighted by Gasteiger charge is -2.17. The molecule has 0 amide bonds. The highest BCUT2D eigenvalue weighted by molar-refractivity contribution is 6.31. The van der Waals surface area contributed by atoms with E-state index in [2.05, 4.69) is 20.8 Å². The Bertz CT molecular complexity index is 557. The van der Waals surface area contributed by atoms with E-state index in [1.165, 1.54) is 0 Å². The fourth-order valence-electron chi connectivity index (χ4n) is 1.85. The maximum atomic E-state index is 5.96. The molecular weight excluding hydrogens is 289 g/mol. The summed E-state index contributed by atoms with van der Waals surface area (Å²) in [5.74, 6) is 0. The van der Waals surface area contributed by atoms with Crippen molar-refractivity contribution in [1.82, 2.24) is 0 Å². The van der Waals surface area contributed by atoms with E-state index in [-0.39, 0.29) is 5.54 Å². The van der Waals surface area contributed by atoms with E-state index in [4.69, 9.17) is 28.2 Å². The molecule has 0 fully saturated rings. The van der Waals surface area contributed by atoms with Gasteiger partial charge >= 0.3 is 0 Å². The van der Waals surface area contributed by atoms with Crippen LogP contribution in [0.2, 0.25) is 10.0 Å². The fraction of sp³-hybridized carbons (Fsp3) is 0.235. The molecule has 0 atom stereocenters. The summed E-state index contributed by atoms with van der Waals surface area (Å²) in [4.78, 5) is 4.84. The summed E-state index contributed by atoms with van der Waals surface area (Å²) in [5, 5.41) is 1.44. The first-order valence-corrected chi connectivity index (χ1v) is 7.22. The lowest BCUT2D eigenvalue weighted by molar-refractivity contribution is 0.584. The van der Waals surface area contributed by atoms with Crippen molar-refractivity contribution in [2.75, 3.05) is 0 Å². The minimum absolute atomic E-state index is 0.158. The summed E-state index contributed by atoms with van der Waals surface area (Å²) in [6.07, 6.45) is 0. The predicted octanol–water partition coefficient (Wildman–Crippen LogP) is 5.63. The van der Waals surface area contributed by atoms with Crippen LogP contribution in [0, 0.1) is 0 Å². The van der Waals surface area contributed by atoms with Crippen LogP contribution in [0.4, 0.5) is 0 Å². The van der Waals surface area contributed by atoms with E-state index >= 15 is 0 Å². The highest BCUT2D eigenvalue weighted by Gasteiger charge is 2.13. The first-order valence-electron chi connectivity index (χ1n) is 6.47. The maximum Gasteiger partial charge on any atom is 0.0725 e. The lowest BCUT2D eigenvalue weighted by Crippen LogP contribution is -2.16. The summed E-state index contributed by atoms with van der Waals surface area (Å²) < 4.78 is 0. The average molecular weight is 306 g/mol. The van der Waals surface area contributed by atoms with Gasteiger partial charge in [-0.05, 0) is 45.0 Å². The number of hydrogen-bond donors (Lipinski definition) is 0. The molecule has 0 radical (unpaired) electrons. The molecule has 0 N–H and O–H groups in total. The Morgan fingerprint density at radius 2 is 1.10 bits per heavy atom. The second kappa shape index (κ2) is 5.99. The molecule has 104 valence electrons. The normalized spacial score (nSPS) is 11.2. The van der Waals surface area contributed by atoms with Gasteiger partial charge in [-0.25, -0.2) is 0 Å². The van der Waals surface area contributed by atoms with E-state index in [1.54, 1.807) is 0 Å². The third-order valence-electron chi connectivity index (χ3n) is 2.68. The second-order valence-corrected chi connectivity index (χ2v) is 6.52. The molecule has 0 saturated heterocycles. The van der Waals surface area contributed by atoms with Gasteiger partial charge in [0.05, 0.1) is 11.3 Å². The largest absolute Gasteiger partial charge is 0.278 e. The van der Waals surface area contributed by atoms with Gasteiger partial charge in [-0.1, -0.05) is 47.5 Å². The number of benzene rings is 2. The van der Waals surface area contributed by atoms with Crippen LogP contribution >= 0.6 is 23.2 Å². The zero-order valence-electron chi connectivity index (χ0n) is 11.8. The lowest BCUT2D eigenvalue weighted by atomic mass is 10.0. The third-order valence-corrected chi connectivity index (χ3v) is 3.19. The van der Waals surface area contributed by atoms with E-state index in [1.807, 2.05) is 48.5 Å². The van der Waals surface area contributed by atoms with Crippen molar-refractivity contribution in [3.8, 4) is 0 Å². The van der Waals surface area contributed by atoms with E-state index in [0.29, 0.717) is 0 Å². The zero-order valence-corrected chi connectivity index (χ0v) is 13.3. The van der Waals surface area contributed by atoms with Gasteiger partial charge in [0.2, 0.25) is 0 Å². The molecule has 0 aliphatic carbocycles. The smallest absolute Gasteiger partial charge is 0.0725 e. The van der Waals surface area contributed by atoms with E-state index < -0.39 is 0 Å². The van der Waals surface area contributed by atoms with Crippen LogP contribution in [0.15, 0.2) is 53.5 Å². The Kier molecular flexibility index (Phi) is 4.52. The molecule has 0 aromatic heterocycles. The van der Waals surface area contributed by atoms with Crippen molar-refractivity contribution in [3.63, 3.8) is 0 Å². The minimum Gasteiger partial charge on any atom is -0.278 e. The van der Waals surface area contributed by atoms with Crippen LogP contribution in [0.3, 0.4) is 0 Å². The molecule has 20 heavy (non-hydrogen) atoms. The zero-order chi connectivity index (χ0) is 14.8. The van der Waals surface area contributed by atoms with Gasteiger partial charge in [-0.2, -0.15) is 0 Å². The van der Waals surface area contributed by atoms with Crippen molar-refractivity contribution >= 4 is 28.9 Å².